The highest BCUT2D eigenvalue weighted by Crippen LogP contribution is 2.15. The van der Waals surface area contributed by atoms with Gasteiger partial charge in [0, 0.05) is 19.5 Å². The number of hydrogen-bond acceptors (Lipinski definition) is 10. The van der Waals surface area contributed by atoms with E-state index in [1.165, 1.54) is 13.8 Å². The van der Waals surface area contributed by atoms with Crippen LogP contribution in [0.4, 0.5) is 5.69 Å². The zero-order valence-corrected chi connectivity index (χ0v) is 20.8. The van der Waals surface area contributed by atoms with Gasteiger partial charge in [-0.1, -0.05) is 0 Å². The van der Waals surface area contributed by atoms with E-state index in [-0.39, 0.29) is 18.5 Å². The molecule has 0 saturated heterocycles. The highest BCUT2D eigenvalue weighted by molar-refractivity contribution is 5.88. The van der Waals surface area contributed by atoms with E-state index >= 15 is 0 Å². The maximum atomic E-state index is 11.0. The maximum Gasteiger partial charge on any atom is 0.302 e. The third kappa shape index (κ3) is 20.8. The smallest absolute Gasteiger partial charge is 0.302 e. The number of anilines is 1. The van der Waals surface area contributed by atoms with Gasteiger partial charge in [0.25, 0.3) is 0 Å². The predicted octanol–water partition coefficient (Wildman–Crippen LogP) is 1.69. The van der Waals surface area contributed by atoms with Gasteiger partial charge in [-0.25, -0.2) is 0 Å². The molecule has 1 aromatic carbocycles. The Balaban J connectivity index is 1.74. The summed E-state index contributed by atoms with van der Waals surface area (Å²) in [4.78, 5) is 21.5. The Hall–Kier alpha value is -2.28. The van der Waals surface area contributed by atoms with Gasteiger partial charge in [0.1, 0.15) is 19.0 Å². The maximum absolute atomic E-state index is 11.0. The van der Waals surface area contributed by atoms with Crippen molar-refractivity contribution in [1.29, 1.82) is 0 Å². The van der Waals surface area contributed by atoms with Crippen molar-refractivity contribution in [2.24, 2.45) is 0 Å². The average Bonchev–Trinajstić information content (AvgIpc) is 2.83. The van der Waals surface area contributed by atoms with Crippen LogP contribution in [-0.2, 0) is 42.7 Å². The fourth-order valence-corrected chi connectivity index (χ4v) is 2.50. The van der Waals surface area contributed by atoms with Gasteiger partial charge in [-0.3, -0.25) is 9.59 Å². The second-order valence-corrected chi connectivity index (χ2v) is 7.07. The third-order valence-corrected chi connectivity index (χ3v) is 4.06. The minimum atomic E-state index is -0.313. The van der Waals surface area contributed by atoms with Gasteiger partial charge >= 0.3 is 5.97 Å². The summed E-state index contributed by atoms with van der Waals surface area (Å²) in [5.41, 5.74) is 0.730. The van der Waals surface area contributed by atoms with Gasteiger partial charge in [0.15, 0.2) is 0 Å². The van der Waals surface area contributed by atoms with E-state index in [2.05, 4.69) is 5.32 Å². The zero-order valence-electron chi connectivity index (χ0n) is 20.8. The molecule has 0 aromatic heterocycles. The fourth-order valence-electron chi connectivity index (χ4n) is 2.50. The van der Waals surface area contributed by atoms with Crippen LogP contribution < -0.4 is 10.1 Å². The van der Waals surface area contributed by atoms with Crippen molar-refractivity contribution in [3.63, 3.8) is 0 Å². The van der Waals surface area contributed by atoms with Gasteiger partial charge in [-0.2, -0.15) is 0 Å². The first-order valence-corrected chi connectivity index (χ1v) is 11.7. The number of carbonyl (C=O) groups is 2. The molecule has 0 heterocycles. The molecule has 0 aliphatic carbocycles. The average molecular weight is 502 g/mol. The monoisotopic (exact) mass is 501 g/mol. The minimum absolute atomic E-state index is 0.109. The van der Waals surface area contributed by atoms with Crippen molar-refractivity contribution in [2.45, 2.75) is 13.8 Å². The lowest BCUT2D eigenvalue weighted by Gasteiger charge is -2.09. The largest absolute Gasteiger partial charge is 0.491 e. The van der Waals surface area contributed by atoms with Crippen LogP contribution >= 0.6 is 0 Å². The second-order valence-electron chi connectivity index (χ2n) is 7.07. The predicted molar refractivity (Wildman–Crippen MR) is 128 cm³/mol. The van der Waals surface area contributed by atoms with Crippen molar-refractivity contribution in [1.82, 2.24) is 0 Å². The van der Waals surface area contributed by atoms with E-state index in [1.807, 2.05) is 0 Å². The summed E-state index contributed by atoms with van der Waals surface area (Å²) in [5, 5.41) is 2.70. The Bertz CT molecular complexity index is 656. The molecule has 11 nitrogen and oxygen atoms in total. The van der Waals surface area contributed by atoms with E-state index in [9.17, 15) is 9.59 Å². The molecule has 0 radical (unpaired) electrons. The van der Waals surface area contributed by atoms with Crippen molar-refractivity contribution in [2.75, 3.05) is 97.8 Å². The lowest BCUT2D eigenvalue weighted by molar-refractivity contribution is -0.142. The van der Waals surface area contributed by atoms with Crippen molar-refractivity contribution >= 4 is 17.6 Å². The number of carbonyl (C=O) groups excluding carboxylic acids is 2. The standard InChI is InChI=1S/C24H39NO10/c1-21(26)25-23-3-5-24(6-4-23)35-20-18-33-16-14-31-12-10-29-8-7-28-9-11-30-13-15-32-17-19-34-22(2)27/h3-6H,7-20H2,1-2H3,(H,25,26). The molecule has 1 rings (SSSR count). The molecule has 1 amide bonds. The van der Waals surface area contributed by atoms with Crippen LogP contribution in [0.25, 0.3) is 0 Å². The summed E-state index contributed by atoms with van der Waals surface area (Å²) >= 11 is 0. The summed E-state index contributed by atoms with van der Waals surface area (Å²) in [5.74, 6) is 0.293. The topological polar surface area (TPSA) is 120 Å². The lowest BCUT2D eigenvalue weighted by Crippen LogP contribution is -2.15. The molecule has 0 aliphatic rings. The summed E-state index contributed by atoms with van der Waals surface area (Å²) < 4.78 is 42.6. The second kappa shape index (κ2) is 22.2. The molecule has 0 saturated carbocycles. The molecule has 0 bridgehead atoms. The molecule has 0 unspecified atom stereocenters. The number of amides is 1. The third-order valence-electron chi connectivity index (χ3n) is 4.06. The normalized spacial score (nSPS) is 10.8. The molecular formula is C24H39NO10. The number of ether oxygens (including phenoxy) is 8. The van der Waals surface area contributed by atoms with Gasteiger partial charge in [-0.05, 0) is 24.3 Å². The summed E-state index contributed by atoms with van der Waals surface area (Å²) in [6.45, 7) is 9.11. The molecule has 35 heavy (non-hydrogen) atoms. The van der Waals surface area contributed by atoms with E-state index in [4.69, 9.17) is 37.9 Å². The van der Waals surface area contributed by atoms with Crippen LogP contribution in [0.15, 0.2) is 24.3 Å². The van der Waals surface area contributed by atoms with Gasteiger partial charge < -0.3 is 43.2 Å². The van der Waals surface area contributed by atoms with Gasteiger partial charge in [0.2, 0.25) is 5.91 Å². The van der Waals surface area contributed by atoms with Crippen LogP contribution in [-0.4, -0.2) is 104 Å². The number of esters is 1. The summed E-state index contributed by atoms with van der Waals surface area (Å²) in [7, 11) is 0. The van der Waals surface area contributed by atoms with E-state index in [0.717, 1.165) is 5.69 Å². The highest BCUT2D eigenvalue weighted by Gasteiger charge is 1.98. The van der Waals surface area contributed by atoms with Crippen molar-refractivity contribution < 1.29 is 47.5 Å². The SMILES string of the molecule is CC(=O)Nc1ccc(OCCOCCOCCOCCOCCOCCOCCOC(C)=O)cc1. The molecule has 1 N–H and O–H groups in total. The zero-order chi connectivity index (χ0) is 25.4. The first-order chi connectivity index (χ1) is 17.1. The Morgan fingerprint density at radius 1 is 0.571 bits per heavy atom. The van der Waals surface area contributed by atoms with Crippen molar-refractivity contribution in [3.8, 4) is 5.75 Å². The Morgan fingerprint density at radius 2 is 0.943 bits per heavy atom. The Labute approximate surface area is 207 Å². The van der Waals surface area contributed by atoms with Gasteiger partial charge in [-0.15, -0.1) is 0 Å². The molecular weight excluding hydrogens is 462 g/mol. The minimum Gasteiger partial charge on any atom is -0.491 e. The first-order valence-electron chi connectivity index (χ1n) is 11.7. The molecule has 0 fully saturated rings. The molecule has 200 valence electrons. The molecule has 0 atom stereocenters. The quantitative estimate of drug-likeness (QED) is 0.175. The number of rotatable bonds is 23. The molecule has 1 aromatic rings. The number of hydrogen-bond donors (Lipinski definition) is 1. The fraction of sp³-hybridized carbons (Fsp3) is 0.667. The Kier molecular flexibility index (Phi) is 19.5. The van der Waals surface area contributed by atoms with E-state index in [1.54, 1.807) is 24.3 Å². The van der Waals surface area contributed by atoms with Crippen LogP contribution in [0.1, 0.15) is 13.8 Å². The van der Waals surface area contributed by atoms with E-state index < -0.39 is 0 Å². The van der Waals surface area contributed by atoms with E-state index in [0.29, 0.717) is 91.6 Å². The van der Waals surface area contributed by atoms with Crippen LogP contribution in [0, 0.1) is 0 Å². The molecule has 0 spiro atoms. The van der Waals surface area contributed by atoms with Crippen LogP contribution in [0.5, 0.6) is 5.75 Å². The first kappa shape index (κ1) is 30.8. The Morgan fingerprint density at radius 3 is 1.31 bits per heavy atom. The number of benzene rings is 1. The molecule has 11 heteroatoms. The molecule has 0 aliphatic heterocycles. The summed E-state index contributed by atoms with van der Waals surface area (Å²) in [6, 6.07) is 7.16. The summed E-state index contributed by atoms with van der Waals surface area (Å²) in [6.07, 6.45) is 0. The van der Waals surface area contributed by atoms with Gasteiger partial charge in [0.05, 0.1) is 79.3 Å². The highest BCUT2D eigenvalue weighted by atomic mass is 16.6. The van der Waals surface area contributed by atoms with Crippen LogP contribution in [0.2, 0.25) is 0 Å². The number of nitrogens with one attached hydrogen (secondary N) is 1. The van der Waals surface area contributed by atoms with Crippen LogP contribution in [0.3, 0.4) is 0 Å². The lowest BCUT2D eigenvalue weighted by atomic mass is 10.3. The van der Waals surface area contributed by atoms with Crippen molar-refractivity contribution in [3.05, 3.63) is 24.3 Å².